The van der Waals surface area contributed by atoms with Crippen molar-refractivity contribution >= 4 is 28.4 Å². The minimum absolute atomic E-state index is 0.0442. The number of hydrogen-bond donors (Lipinski definition) is 1. The van der Waals surface area contributed by atoms with Gasteiger partial charge in [-0.1, -0.05) is 54.1 Å². The number of rotatable bonds is 3. The van der Waals surface area contributed by atoms with Gasteiger partial charge < -0.3 is 19.4 Å². The van der Waals surface area contributed by atoms with E-state index in [4.69, 9.17) is 21.1 Å². The van der Waals surface area contributed by atoms with Crippen LogP contribution in [0.2, 0.25) is 5.02 Å². The Morgan fingerprint density at radius 1 is 0.969 bits per heavy atom. The lowest BCUT2D eigenvalue weighted by Crippen LogP contribution is -2.38. The number of methoxy groups -OCH3 is 2. The molecule has 1 amide bonds. The average Bonchev–Trinajstić information content (AvgIpc) is 3.34. The fourth-order valence-corrected chi connectivity index (χ4v) is 5.66. The van der Waals surface area contributed by atoms with Crippen LogP contribution in [0.4, 0.5) is 0 Å². The highest BCUT2D eigenvalue weighted by molar-refractivity contribution is 6.31. The molecule has 2 aliphatic heterocycles. The third kappa shape index (κ3) is 2.49. The number of fused-ring (bicyclic) bond motifs is 7. The first-order valence-electron chi connectivity index (χ1n) is 10.5. The summed E-state index contributed by atoms with van der Waals surface area (Å²) in [6.45, 7) is 0.530. The summed E-state index contributed by atoms with van der Waals surface area (Å²) in [6.07, 6.45) is 0. The van der Waals surface area contributed by atoms with Crippen molar-refractivity contribution in [1.29, 1.82) is 0 Å². The van der Waals surface area contributed by atoms with E-state index in [0.29, 0.717) is 28.6 Å². The Morgan fingerprint density at radius 2 is 1.75 bits per heavy atom. The van der Waals surface area contributed by atoms with Crippen LogP contribution in [0.25, 0.3) is 10.9 Å². The van der Waals surface area contributed by atoms with Crippen molar-refractivity contribution in [2.45, 2.75) is 12.0 Å². The van der Waals surface area contributed by atoms with Crippen molar-refractivity contribution in [3.8, 4) is 11.5 Å². The lowest BCUT2D eigenvalue weighted by Gasteiger charge is -2.36. The number of para-hydroxylation sites is 1. The van der Waals surface area contributed by atoms with Gasteiger partial charge in [-0.15, -0.1) is 0 Å². The predicted molar refractivity (Wildman–Crippen MR) is 124 cm³/mol. The number of carbonyl (C=O) groups excluding carboxylic acids is 1. The minimum Gasteiger partial charge on any atom is -0.493 e. The maximum atomic E-state index is 13.7. The number of H-pyrrole nitrogens is 1. The van der Waals surface area contributed by atoms with Crippen LogP contribution in [0.5, 0.6) is 11.5 Å². The fraction of sp³-hybridized carbons (Fsp3) is 0.192. The summed E-state index contributed by atoms with van der Waals surface area (Å²) in [6, 6.07) is 19.8. The molecule has 1 N–H and O–H groups in total. The van der Waals surface area contributed by atoms with Crippen LogP contribution < -0.4 is 9.47 Å². The van der Waals surface area contributed by atoms with E-state index in [0.717, 1.165) is 27.7 Å². The third-order valence-electron chi connectivity index (χ3n) is 6.72. The molecule has 32 heavy (non-hydrogen) atoms. The number of amides is 1. The molecule has 4 aromatic rings. The second-order valence-electron chi connectivity index (χ2n) is 8.20. The van der Waals surface area contributed by atoms with Crippen molar-refractivity contribution in [2.75, 3.05) is 20.8 Å². The van der Waals surface area contributed by atoms with Gasteiger partial charge in [-0.25, -0.2) is 0 Å². The first kappa shape index (κ1) is 19.3. The molecular weight excluding hydrogens is 424 g/mol. The Kier molecular flexibility index (Phi) is 4.24. The number of nitrogens with zero attached hydrogens (tertiary/aromatic N) is 1. The number of aromatic nitrogens is 1. The molecule has 1 aromatic heterocycles. The molecule has 0 saturated heterocycles. The average molecular weight is 445 g/mol. The van der Waals surface area contributed by atoms with Crippen LogP contribution in [0.15, 0.2) is 60.7 Å². The zero-order valence-electron chi connectivity index (χ0n) is 17.7. The molecule has 0 spiro atoms. The smallest absolute Gasteiger partial charge is 0.259 e. The third-order valence-corrected chi connectivity index (χ3v) is 7.06. The zero-order chi connectivity index (χ0) is 22.0. The summed E-state index contributed by atoms with van der Waals surface area (Å²) in [5.74, 6) is 0.940. The Bertz CT molecular complexity index is 1390. The van der Waals surface area contributed by atoms with E-state index in [1.54, 1.807) is 14.2 Å². The molecule has 6 heteroatoms. The van der Waals surface area contributed by atoms with E-state index in [1.165, 1.54) is 5.56 Å². The van der Waals surface area contributed by atoms with Gasteiger partial charge >= 0.3 is 0 Å². The van der Waals surface area contributed by atoms with Crippen molar-refractivity contribution in [3.63, 3.8) is 0 Å². The molecule has 0 unspecified atom stereocenters. The van der Waals surface area contributed by atoms with Gasteiger partial charge in [0, 0.05) is 34.1 Å². The van der Waals surface area contributed by atoms with Gasteiger partial charge in [0.25, 0.3) is 5.91 Å². The summed E-state index contributed by atoms with van der Waals surface area (Å²) in [5, 5.41) is 1.86. The summed E-state index contributed by atoms with van der Waals surface area (Å²) >= 11 is 6.65. The van der Waals surface area contributed by atoms with E-state index >= 15 is 0 Å². The molecule has 0 radical (unpaired) electrons. The van der Waals surface area contributed by atoms with E-state index in [1.807, 2.05) is 47.4 Å². The lowest BCUT2D eigenvalue weighted by molar-refractivity contribution is 0.0725. The first-order valence-corrected chi connectivity index (χ1v) is 10.9. The minimum atomic E-state index is -0.210. The Labute approximate surface area is 190 Å². The quantitative estimate of drug-likeness (QED) is 0.452. The number of benzene rings is 3. The van der Waals surface area contributed by atoms with Crippen molar-refractivity contribution in [1.82, 2.24) is 9.88 Å². The number of ether oxygens (including phenoxy) is 2. The number of carbonyl (C=O) groups is 1. The molecule has 5 nitrogen and oxygen atoms in total. The molecule has 3 heterocycles. The number of hydrogen-bond acceptors (Lipinski definition) is 3. The predicted octanol–water partition coefficient (Wildman–Crippen LogP) is 5.53. The topological polar surface area (TPSA) is 54.6 Å². The largest absolute Gasteiger partial charge is 0.493 e. The maximum absolute atomic E-state index is 13.7. The standard InChI is InChI=1S/C26H21ClN2O3/c1-31-20-12-11-16-22(25(20)32-2)26(30)29-13-17(14-7-3-5-9-18(14)27)21-15-8-4-6-10-19(15)28-23(21)24(16)29/h3-12,17,24,28H,13H2,1-2H3/t17-,24-/m0/s1. The van der Waals surface area contributed by atoms with Crippen LogP contribution in [-0.4, -0.2) is 36.6 Å². The van der Waals surface area contributed by atoms with Crippen LogP contribution in [0.3, 0.4) is 0 Å². The molecule has 0 fully saturated rings. The van der Waals surface area contributed by atoms with Crippen molar-refractivity contribution in [2.24, 2.45) is 0 Å². The van der Waals surface area contributed by atoms with Gasteiger partial charge in [-0.3, -0.25) is 4.79 Å². The van der Waals surface area contributed by atoms with Crippen LogP contribution in [0.1, 0.15) is 44.7 Å². The lowest BCUT2D eigenvalue weighted by atomic mass is 9.83. The van der Waals surface area contributed by atoms with Crippen LogP contribution >= 0.6 is 11.6 Å². The number of aromatic amines is 1. The maximum Gasteiger partial charge on any atom is 0.259 e. The second-order valence-corrected chi connectivity index (χ2v) is 8.60. The summed E-state index contributed by atoms with van der Waals surface area (Å²) in [7, 11) is 3.16. The molecule has 2 aliphatic rings. The normalized spacial score (nSPS) is 19.0. The van der Waals surface area contributed by atoms with Crippen molar-refractivity contribution in [3.05, 3.63) is 93.6 Å². The highest BCUT2D eigenvalue weighted by atomic mass is 35.5. The first-order chi connectivity index (χ1) is 15.6. The molecule has 160 valence electrons. The van der Waals surface area contributed by atoms with Gasteiger partial charge in [0.15, 0.2) is 11.5 Å². The van der Waals surface area contributed by atoms with Gasteiger partial charge in [0.2, 0.25) is 0 Å². The molecule has 3 aromatic carbocycles. The van der Waals surface area contributed by atoms with E-state index in [-0.39, 0.29) is 17.9 Å². The molecule has 2 atom stereocenters. The SMILES string of the molecule is COc1ccc2c(c1OC)C(=O)N1C[C@@H](c3ccccc3Cl)c3c([nH]c4ccccc34)[C@H]21. The van der Waals surface area contributed by atoms with E-state index in [2.05, 4.69) is 23.2 Å². The monoisotopic (exact) mass is 444 g/mol. The molecule has 0 bridgehead atoms. The van der Waals surface area contributed by atoms with Gasteiger partial charge in [-0.05, 0) is 34.9 Å². The van der Waals surface area contributed by atoms with E-state index < -0.39 is 0 Å². The Hall–Kier alpha value is -3.44. The van der Waals surface area contributed by atoms with Crippen LogP contribution in [-0.2, 0) is 0 Å². The Balaban J connectivity index is 1.64. The number of halogens is 1. The van der Waals surface area contributed by atoms with Crippen LogP contribution in [0, 0.1) is 0 Å². The van der Waals surface area contributed by atoms with Gasteiger partial charge in [0.1, 0.15) is 0 Å². The molecular formula is C26H21ClN2O3. The van der Waals surface area contributed by atoms with Crippen molar-refractivity contribution < 1.29 is 14.3 Å². The highest BCUT2D eigenvalue weighted by Gasteiger charge is 2.47. The fourth-order valence-electron chi connectivity index (χ4n) is 5.39. The second kappa shape index (κ2) is 7.04. The Morgan fingerprint density at radius 3 is 2.53 bits per heavy atom. The zero-order valence-corrected chi connectivity index (χ0v) is 18.4. The molecule has 0 aliphatic carbocycles. The summed E-state index contributed by atoms with van der Waals surface area (Å²) in [5.41, 5.74) is 5.80. The number of nitrogens with one attached hydrogen (secondary N) is 1. The molecule has 6 rings (SSSR count). The highest BCUT2D eigenvalue weighted by Crippen LogP contribution is 2.52. The van der Waals surface area contributed by atoms with E-state index in [9.17, 15) is 4.79 Å². The molecule has 0 saturated carbocycles. The van der Waals surface area contributed by atoms with Gasteiger partial charge in [-0.2, -0.15) is 0 Å². The summed E-state index contributed by atoms with van der Waals surface area (Å²) < 4.78 is 11.1. The van der Waals surface area contributed by atoms with Gasteiger partial charge in [0.05, 0.1) is 25.8 Å². The summed E-state index contributed by atoms with van der Waals surface area (Å²) in [4.78, 5) is 19.3.